The van der Waals surface area contributed by atoms with Crippen molar-refractivity contribution in [2.75, 3.05) is 19.3 Å². The Hall–Kier alpha value is -2.06. The van der Waals surface area contributed by atoms with Crippen LogP contribution in [-0.2, 0) is 16.9 Å². The molecule has 1 aromatic rings. The van der Waals surface area contributed by atoms with Crippen LogP contribution in [0.1, 0.15) is 17.5 Å². The van der Waals surface area contributed by atoms with Gasteiger partial charge in [0.25, 0.3) is 5.69 Å². The van der Waals surface area contributed by atoms with Gasteiger partial charge in [-0.05, 0) is 23.6 Å². The van der Waals surface area contributed by atoms with Crippen molar-refractivity contribution in [3.8, 4) is 0 Å². The first-order chi connectivity index (χ1) is 10.4. The highest BCUT2D eigenvalue weighted by Crippen LogP contribution is 2.28. The zero-order valence-electron chi connectivity index (χ0n) is 12.0. The van der Waals surface area contributed by atoms with E-state index in [4.69, 9.17) is 5.11 Å². The van der Waals surface area contributed by atoms with Crippen LogP contribution in [0.15, 0.2) is 24.3 Å². The monoisotopic (exact) mass is 324 g/mol. The molecular formula is C14H16N2O5S. The summed E-state index contributed by atoms with van der Waals surface area (Å²) in [4.78, 5) is 22.8. The molecule has 7 nitrogen and oxygen atoms in total. The van der Waals surface area contributed by atoms with Crippen LogP contribution in [0.3, 0.4) is 0 Å². The number of hydrogen-bond donors (Lipinski definition) is 1. The van der Waals surface area contributed by atoms with Crippen LogP contribution >= 0.6 is 0 Å². The fourth-order valence-corrected chi connectivity index (χ4v) is 3.12. The molecule has 1 aromatic carbocycles. The largest absolute Gasteiger partial charge is 0.616 e. The third-order valence-electron chi connectivity index (χ3n) is 3.43. The third-order valence-corrected chi connectivity index (χ3v) is 4.14. The minimum atomic E-state index is -1.15. The van der Waals surface area contributed by atoms with Crippen LogP contribution < -0.4 is 0 Å². The Bertz CT molecular complexity index is 630. The van der Waals surface area contributed by atoms with Crippen LogP contribution in [-0.4, -0.2) is 44.9 Å². The van der Waals surface area contributed by atoms with Gasteiger partial charge in [-0.2, -0.15) is 0 Å². The molecular weight excluding hydrogens is 308 g/mol. The average molecular weight is 324 g/mol. The van der Waals surface area contributed by atoms with Gasteiger partial charge in [0.15, 0.2) is 0 Å². The van der Waals surface area contributed by atoms with E-state index in [9.17, 15) is 19.5 Å². The maximum Gasteiger partial charge on any atom is 0.407 e. The number of hydrogen-bond acceptors (Lipinski definition) is 4. The molecule has 22 heavy (non-hydrogen) atoms. The molecule has 1 atom stereocenters. The summed E-state index contributed by atoms with van der Waals surface area (Å²) in [5.41, 5.74) is 2.07. The van der Waals surface area contributed by atoms with E-state index in [-0.39, 0.29) is 18.0 Å². The molecule has 2 rings (SSSR count). The second-order valence-corrected chi connectivity index (χ2v) is 6.47. The van der Waals surface area contributed by atoms with Crippen LogP contribution in [0.25, 0.3) is 5.57 Å². The van der Waals surface area contributed by atoms with Crippen LogP contribution in [0.2, 0.25) is 0 Å². The van der Waals surface area contributed by atoms with Crippen molar-refractivity contribution in [3.05, 3.63) is 45.5 Å². The number of nitro groups is 1. The van der Waals surface area contributed by atoms with E-state index in [1.165, 1.54) is 23.3 Å². The third kappa shape index (κ3) is 3.77. The molecule has 118 valence electrons. The summed E-state index contributed by atoms with van der Waals surface area (Å²) >= 11 is -1.15. The van der Waals surface area contributed by atoms with Gasteiger partial charge >= 0.3 is 6.09 Å². The molecule has 0 fully saturated rings. The highest BCUT2D eigenvalue weighted by Gasteiger charge is 2.22. The maximum absolute atomic E-state index is 11.5. The number of non-ortho nitro benzene ring substituents is 1. The molecule has 0 aromatic heterocycles. The highest BCUT2D eigenvalue weighted by molar-refractivity contribution is 7.89. The fraction of sp³-hybridized carbons (Fsp3) is 0.357. The van der Waals surface area contributed by atoms with Crippen molar-refractivity contribution < 1.29 is 19.4 Å². The van der Waals surface area contributed by atoms with Gasteiger partial charge in [-0.15, -0.1) is 0 Å². The molecule has 1 amide bonds. The van der Waals surface area contributed by atoms with Gasteiger partial charge in [0, 0.05) is 30.8 Å². The Balaban J connectivity index is 2.38. The van der Waals surface area contributed by atoms with E-state index in [1.807, 2.05) is 6.08 Å². The van der Waals surface area contributed by atoms with Gasteiger partial charge in [-0.1, -0.05) is 17.3 Å². The molecule has 1 unspecified atom stereocenters. The normalized spacial score (nSPS) is 16.1. The van der Waals surface area contributed by atoms with Crippen LogP contribution in [0.5, 0.6) is 0 Å². The van der Waals surface area contributed by atoms with Gasteiger partial charge in [0.2, 0.25) is 0 Å². The summed E-state index contributed by atoms with van der Waals surface area (Å²) < 4.78 is 11.5. The summed E-state index contributed by atoms with van der Waals surface area (Å²) in [7, 11) is 0. The van der Waals surface area contributed by atoms with Gasteiger partial charge in [0.05, 0.1) is 11.2 Å². The van der Waals surface area contributed by atoms with E-state index < -0.39 is 22.2 Å². The summed E-state index contributed by atoms with van der Waals surface area (Å²) in [6.07, 6.45) is 3.06. The first-order valence-corrected chi connectivity index (χ1v) is 8.36. The zero-order chi connectivity index (χ0) is 16.3. The molecule has 0 radical (unpaired) electrons. The number of amides is 1. The molecule has 8 heteroatoms. The van der Waals surface area contributed by atoms with Crippen LogP contribution in [0.4, 0.5) is 10.5 Å². The van der Waals surface area contributed by atoms with Crippen molar-refractivity contribution in [2.24, 2.45) is 0 Å². The molecule has 0 aliphatic carbocycles. The smallest absolute Gasteiger partial charge is 0.407 e. The molecule has 0 bridgehead atoms. The molecule has 1 heterocycles. The standard InChI is InChI=1S/C14H16N2O5S/c1-22(21)9-11-7-12(16(19)20)4-5-13(11)10-3-2-6-15(8-10)14(17)18/h3-5,7H,2,6,8-9H2,1H3,(H,17,18). The summed E-state index contributed by atoms with van der Waals surface area (Å²) in [6, 6.07) is 4.41. The highest BCUT2D eigenvalue weighted by atomic mass is 32.2. The van der Waals surface area contributed by atoms with Gasteiger partial charge in [-0.25, -0.2) is 4.79 Å². The number of benzene rings is 1. The number of carboxylic acid groups (broad SMARTS) is 1. The first kappa shape index (κ1) is 16.3. The van der Waals surface area contributed by atoms with E-state index in [2.05, 4.69) is 0 Å². The zero-order valence-corrected chi connectivity index (χ0v) is 12.8. The predicted molar refractivity (Wildman–Crippen MR) is 83.1 cm³/mol. The van der Waals surface area contributed by atoms with Gasteiger partial charge < -0.3 is 14.6 Å². The molecule has 0 spiro atoms. The van der Waals surface area contributed by atoms with Crippen LogP contribution in [0, 0.1) is 10.1 Å². The van der Waals surface area contributed by atoms with Crippen molar-refractivity contribution in [1.29, 1.82) is 0 Å². The second-order valence-electron chi connectivity index (χ2n) is 5.04. The molecule has 0 saturated carbocycles. The van der Waals surface area contributed by atoms with Crippen molar-refractivity contribution >= 4 is 28.5 Å². The quantitative estimate of drug-likeness (QED) is 0.519. The lowest BCUT2D eigenvalue weighted by molar-refractivity contribution is -0.384. The Labute approximate surface area is 130 Å². The number of carbonyl (C=O) groups is 1. The maximum atomic E-state index is 11.5. The molecule has 1 aliphatic rings. The minimum absolute atomic E-state index is 0.0595. The first-order valence-electron chi connectivity index (χ1n) is 6.63. The average Bonchev–Trinajstić information content (AvgIpc) is 2.46. The molecule has 0 saturated heterocycles. The SMILES string of the molecule is C[S+]([O-])Cc1cc([N+](=O)[O-])ccc1C1=CCCN(C(=O)O)C1. The summed E-state index contributed by atoms with van der Waals surface area (Å²) in [5, 5.41) is 20.0. The van der Waals surface area contributed by atoms with Gasteiger partial charge in [-0.3, -0.25) is 10.1 Å². The Kier molecular flexibility index (Phi) is 5.04. The fourth-order valence-electron chi connectivity index (χ4n) is 2.45. The van der Waals surface area contributed by atoms with Gasteiger partial charge in [0.1, 0.15) is 5.75 Å². The van der Waals surface area contributed by atoms with E-state index in [0.29, 0.717) is 18.5 Å². The Morgan fingerprint density at radius 3 is 2.82 bits per heavy atom. The lowest BCUT2D eigenvalue weighted by Crippen LogP contribution is -2.34. The predicted octanol–water partition coefficient (Wildman–Crippen LogP) is 2.24. The van der Waals surface area contributed by atoms with Crippen molar-refractivity contribution in [1.82, 2.24) is 4.90 Å². The summed E-state index contributed by atoms with van der Waals surface area (Å²) in [5.74, 6) is 0.196. The lowest BCUT2D eigenvalue weighted by atomic mass is 9.96. The molecule has 1 aliphatic heterocycles. The number of rotatable bonds is 4. The second kappa shape index (κ2) is 6.80. The Morgan fingerprint density at radius 2 is 2.23 bits per heavy atom. The topological polar surface area (TPSA) is 107 Å². The van der Waals surface area contributed by atoms with E-state index in [0.717, 1.165) is 11.1 Å². The number of nitrogens with zero attached hydrogens (tertiary/aromatic N) is 2. The van der Waals surface area contributed by atoms with Crippen molar-refractivity contribution in [2.45, 2.75) is 12.2 Å². The Morgan fingerprint density at radius 1 is 1.50 bits per heavy atom. The summed E-state index contributed by atoms with van der Waals surface area (Å²) in [6.45, 7) is 0.664. The van der Waals surface area contributed by atoms with E-state index in [1.54, 1.807) is 6.07 Å². The van der Waals surface area contributed by atoms with Crippen molar-refractivity contribution in [3.63, 3.8) is 0 Å². The van der Waals surface area contributed by atoms with E-state index >= 15 is 0 Å². The number of nitro benzene ring substituents is 1. The molecule has 1 N–H and O–H groups in total. The lowest BCUT2D eigenvalue weighted by Gasteiger charge is -2.25. The minimum Gasteiger partial charge on any atom is -0.616 e.